The average molecular weight is 228 g/mol. The van der Waals surface area contributed by atoms with E-state index in [1.807, 2.05) is 55.3 Å². The van der Waals surface area contributed by atoms with Crippen LogP contribution in [0.3, 0.4) is 0 Å². The Kier molecular flexibility index (Phi) is 3.40. The van der Waals surface area contributed by atoms with Crippen molar-refractivity contribution in [3.05, 3.63) is 53.7 Å². The van der Waals surface area contributed by atoms with Gasteiger partial charge in [0.05, 0.1) is 6.61 Å². The number of hydrogen-bond acceptors (Lipinski definition) is 3. The molecule has 1 aromatic carbocycles. The zero-order valence-corrected chi connectivity index (χ0v) is 10.1. The Hall–Kier alpha value is -1.87. The van der Waals surface area contributed by atoms with E-state index in [2.05, 4.69) is 4.98 Å². The Labute approximate surface area is 101 Å². The summed E-state index contributed by atoms with van der Waals surface area (Å²) in [5.74, 6) is 0.880. The SMILES string of the molecule is Cc1cc(N(C)c2ccccc2)ncc1CO. The predicted molar refractivity (Wildman–Crippen MR) is 69.4 cm³/mol. The molecule has 0 aliphatic heterocycles. The lowest BCUT2D eigenvalue weighted by atomic mass is 10.1. The normalized spacial score (nSPS) is 10.3. The van der Waals surface area contributed by atoms with Gasteiger partial charge in [0.15, 0.2) is 0 Å². The van der Waals surface area contributed by atoms with E-state index in [4.69, 9.17) is 5.11 Å². The number of benzene rings is 1. The standard InChI is InChI=1S/C14H16N2O/c1-11-8-14(15-9-12(11)10-17)16(2)13-6-4-3-5-7-13/h3-9,17H,10H2,1-2H3. The summed E-state index contributed by atoms with van der Waals surface area (Å²) in [5.41, 5.74) is 3.02. The highest BCUT2D eigenvalue weighted by molar-refractivity contribution is 5.59. The fourth-order valence-corrected chi connectivity index (χ4v) is 1.70. The van der Waals surface area contributed by atoms with Crippen LogP contribution < -0.4 is 4.90 Å². The number of hydrogen-bond donors (Lipinski definition) is 1. The largest absolute Gasteiger partial charge is 0.392 e. The molecule has 0 amide bonds. The molecule has 2 rings (SSSR count). The number of pyridine rings is 1. The summed E-state index contributed by atoms with van der Waals surface area (Å²) >= 11 is 0. The van der Waals surface area contributed by atoms with Gasteiger partial charge in [0.25, 0.3) is 0 Å². The molecule has 0 saturated carbocycles. The van der Waals surface area contributed by atoms with Gasteiger partial charge in [-0.25, -0.2) is 4.98 Å². The summed E-state index contributed by atoms with van der Waals surface area (Å²) in [6, 6.07) is 12.1. The minimum atomic E-state index is 0.0359. The topological polar surface area (TPSA) is 36.4 Å². The van der Waals surface area contributed by atoms with Crippen LogP contribution in [0.15, 0.2) is 42.6 Å². The fraction of sp³-hybridized carbons (Fsp3) is 0.214. The third-order valence-corrected chi connectivity index (χ3v) is 2.86. The molecule has 0 atom stereocenters. The molecule has 1 N–H and O–H groups in total. The van der Waals surface area contributed by atoms with Crippen molar-refractivity contribution in [1.82, 2.24) is 4.98 Å². The van der Waals surface area contributed by atoms with Crippen molar-refractivity contribution in [3.63, 3.8) is 0 Å². The minimum absolute atomic E-state index is 0.0359. The highest BCUT2D eigenvalue weighted by atomic mass is 16.3. The predicted octanol–water partition coefficient (Wildman–Crippen LogP) is 2.65. The maximum absolute atomic E-state index is 9.11. The lowest BCUT2D eigenvalue weighted by Crippen LogP contribution is -2.11. The van der Waals surface area contributed by atoms with Crippen LogP contribution in [0.25, 0.3) is 0 Å². The van der Waals surface area contributed by atoms with Gasteiger partial charge in [-0.05, 0) is 36.2 Å². The van der Waals surface area contributed by atoms with E-state index in [1.54, 1.807) is 6.20 Å². The molecular weight excluding hydrogens is 212 g/mol. The zero-order chi connectivity index (χ0) is 12.3. The van der Waals surface area contributed by atoms with Crippen LogP contribution in [0.2, 0.25) is 0 Å². The van der Waals surface area contributed by atoms with Crippen molar-refractivity contribution in [2.75, 3.05) is 11.9 Å². The highest BCUT2D eigenvalue weighted by Crippen LogP contribution is 2.22. The molecule has 1 aromatic heterocycles. The number of aryl methyl sites for hydroxylation is 1. The monoisotopic (exact) mass is 228 g/mol. The third kappa shape index (κ3) is 2.45. The van der Waals surface area contributed by atoms with E-state index in [1.165, 1.54) is 0 Å². The molecule has 0 saturated heterocycles. The molecule has 0 radical (unpaired) electrons. The Morgan fingerprint density at radius 2 is 1.94 bits per heavy atom. The molecule has 1 heterocycles. The first-order valence-electron chi connectivity index (χ1n) is 5.57. The van der Waals surface area contributed by atoms with Gasteiger partial charge in [-0.3, -0.25) is 0 Å². The Bertz CT molecular complexity index is 497. The van der Waals surface area contributed by atoms with Gasteiger partial charge in [-0.1, -0.05) is 18.2 Å². The number of nitrogens with zero attached hydrogens (tertiary/aromatic N) is 2. The molecule has 0 spiro atoms. The molecule has 88 valence electrons. The van der Waals surface area contributed by atoms with Gasteiger partial charge in [0.2, 0.25) is 0 Å². The molecule has 2 aromatic rings. The van der Waals surface area contributed by atoms with E-state index in [0.29, 0.717) is 0 Å². The molecule has 0 unspecified atom stereocenters. The lowest BCUT2D eigenvalue weighted by molar-refractivity contribution is 0.280. The van der Waals surface area contributed by atoms with Crippen LogP contribution in [0.1, 0.15) is 11.1 Å². The van der Waals surface area contributed by atoms with Gasteiger partial charge in [0.1, 0.15) is 5.82 Å². The molecule has 3 heteroatoms. The number of rotatable bonds is 3. The summed E-state index contributed by atoms with van der Waals surface area (Å²) < 4.78 is 0. The third-order valence-electron chi connectivity index (χ3n) is 2.86. The number of para-hydroxylation sites is 1. The second kappa shape index (κ2) is 4.97. The van der Waals surface area contributed by atoms with Crippen LogP contribution in [-0.2, 0) is 6.61 Å². The first kappa shape index (κ1) is 11.6. The van der Waals surface area contributed by atoms with E-state index in [9.17, 15) is 0 Å². The fourth-order valence-electron chi connectivity index (χ4n) is 1.70. The van der Waals surface area contributed by atoms with E-state index < -0.39 is 0 Å². The van der Waals surface area contributed by atoms with Crippen molar-refractivity contribution < 1.29 is 5.11 Å². The van der Waals surface area contributed by atoms with Gasteiger partial charge < -0.3 is 10.0 Å². The Balaban J connectivity index is 2.32. The summed E-state index contributed by atoms with van der Waals surface area (Å²) in [4.78, 5) is 6.37. The van der Waals surface area contributed by atoms with Crippen LogP contribution in [0, 0.1) is 6.92 Å². The summed E-state index contributed by atoms with van der Waals surface area (Å²) in [5, 5.41) is 9.11. The van der Waals surface area contributed by atoms with Crippen LogP contribution >= 0.6 is 0 Å². The van der Waals surface area contributed by atoms with Crippen molar-refractivity contribution >= 4 is 11.5 Å². The maximum atomic E-state index is 9.11. The summed E-state index contributed by atoms with van der Waals surface area (Å²) in [6.07, 6.45) is 1.73. The number of aliphatic hydroxyl groups excluding tert-OH is 1. The molecule has 0 bridgehead atoms. The molecular formula is C14H16N2O. The van der Waals surface area contributed by atoms with E-state index in [-0.39, 0.29) is 6.61 Å². The second-order valence-corrected chi connectivity index (χ2v) is 4.02. The molecule has 0 aliphatic rings. The molecule has 17 heavy (non-hydrogen) atoms. The second-order valence-electron chi connectivity index (χ2n) is 4.02. The first-order valence-corrected chi connectivity index (χ1v) is 5.57. The van der Waals surface area contributed by atoms with Crippen molar-refractivity contribution in [2.24, 2.45) is 0 Å². The van der Waals surface area contributed by atoms with E-state index in [0.717, 1.165) is 22.6 Å². The number of anilines is 2. The molecule has 3 nitrogen and oxygen atoms in total. The summed E-state index contributed by atoms with van der Waals surface area (Å²) in [6.45, 7) is 2.02. The Morgan fingerprint density at radius 3 is 2.53 bits per heavy atom. The minimum Gasteiger partial charge on any atom is -0.392 e. The lowest BCUT2D eigenvalue weighted by Gasteiger charge is -2.19. The summed E-state index contributed by atoms with van der Waals surface area (Å²) in [7, 11) is 1.98. The average Bonchev–Trinajstić information content (AvgIpc) is 2.39. The molecule has 0 aliphatic carbocycles. The van der Waals surface area contributed by atoms with Crippen LogP contribution in [0.5, 0.6) is 0 Å². The van der Waals surface area contributed by atoms with Gasteiger partial charge in [-0.2, -0.15) is 0 Å². The van der Waals surface area contributed by atoms with Gasteiger partial charge in [-0.15, -0.1) is 0 Å². The van der Waals surface area contributed by atoms with Crippen LogP contribution in [-0.4, -0.2) is 17.1 Å². The van der Waals surface area contributed by atoms with Crippen LogP contribution in [0.4, 0.5) is 11.5 Å². The van der Waals surface area contributed by atoms with Crippen molar-refractivity contribution in [2.45, 2.75) is 13.5 Å². The number of aromatic nitrogens is 1. The zero-order valence-electron chi connectivity index (χ0n) is 10.1. The quantitative estimate of drug-likeness (QED) is 0.877. The number of aliphatic hydroxyl groups is 1. The van der Waals surface area contributed by atoms with Gasteiger partial charge in [0, 0.05) is 18.9 Å². The van der Waals surface area contributed by atoms with Gasteiger partial charge >= 0.3 is 0 Å². The molecule has 0 fully saturated rings. The highest BCUT2D eigenvalue weighted by Gasteiger charge is 2.06. The maximum Gasteiger partial charge on any atom is 0.132 e. The first-order chi connectivity index (χ1) is 8.22. The smallest absolute Gasteiger partial charge is 0.132 e. The van der Waals surface area contributed by atoms with E-state index >= 15 is 0 Å². The Morgan fingerprint density at radius 1 is 1.24 bits per heavy atom. The van der Waals surface area contributed by atoms with Crippen molar-refractivity contribution in [1.29, 1.82) is 0 Å². The van der Waals surface area contributed by atoms with Crippen molar-refractivity contribution in [3.8, 4) is 0 Å².